The molecule has 0 saturated carbocycles. The third-order valence-electron chi connectivity index (χ3n) is 5.02. The van der Waals surface area contributed by atoms with E-state index in [2.05, 4.69) is 19.9 Å². The number of nitrogens with zero attached hydrogens (tertiary/aromatic N) is 5. The van der Waals surface area contributed by atoms with Crippen molar-refractivity contribution in [2.24, 2.45) is 0 Å². The molecular weight excluding hydrogens is 344 g/mol. The molecule has 142 valence electrons. The van der Waals surface area contributed by atoms with Gasteiger partial charge in [-0.15, -0.1) is 0 Å². The summed E-state index contributed by atoms with van der Waals surface area (Å²) in [6.45, 7) is 2.59. The number of nitrogens with one attached hydrogen (secondary N) is 1. The van der Waals surface area contributed by atoms with Crippen molar-refractivity contribution in [1.82, 2.24) is 24.4 Å². The summed E-state index contributed by atoms with van der Waals surface area (Å²) < 4.78 is 7.20. The van der Waals surface area contributed by atoms with E-state index in [1.165, 1.54) is 6.33 Å². The number of anilines is 1. The summed E-state index contributed by atoms with van der Waals surface area (Å²) in [7, 11) is 2.03. The molecule has 2 aliphatic heterocycles. The molecule has 0 amide bonds. The third kappa shape index (κ3) is 2.68. The van der Waals surface area contributed by atoms with Crippen LogP contribution in [-0.2, 0) is 4.74 Å². The van der Waals surface area contributed by atoms with Gasteiger partial charge < -0.3 is 34.8 Å². The molecule has 0 spiro atoms. The van der Waals surface area contributed by atoms with E-state index in [4.69, 9.17) is 4.74 Å². The number of imidazole rings is 1. The zero-order valence-electron chi connectivity index (χ0n) is 14.3. The van der Waals surface area contributed by atoms with E-state index >= 15 is 0 Å². The van der Waals surface area contributed by atoms with Gasteiger partial charge in [0.1, 0.15) is 18.3 Å². The Morgan fingerprint density at radius 3 is 2.65 bits per heavy atom. The second kappa shape index (κ2) is 6.59. The second-order valence-corrected chi connectivity index (χ2v) is 6.70. The lowest BCUT2D eigenvalue weighted by Crippen LogP contribution is -2.46. The highest BCUT2D eigenvalue weighted by Gasteiger charge is 2.45. The van der Waals surface area contributed by atoms with Gasteiger partial charge in [0.05, 0.1) is 12.9 Å². The summed E-state index contributed by atoms with van der Waals surface area (Å²) in [4.78, 5) is 27.5. The first-order chi connectivity index (χ1) is 12.5. The normalized spacial score (nSPS) is 30.4. The number of aromatic amines is 1. The Balaban J connectivity index is 1.83. The molecule has 2 fully saturated rings. The fourth-order valence-electron chi connectivity index (χ4n) is 3.47. The average molecular weight is 366 g/mol. The summed E-state index contributed by atoms with van der Waals surface area (Å²) in [5, 5.41) is 29.9. The van der Waals surface area contributed by atoms with Gasteiger partial charge in [0, 0.05) is 26.2 Å². The number of fused-ring (bicyclic) bond motifs is 1. The van der Waals surface area contributed by atoms with Crippen molar-refractivity contribution in [3.8, 4) is 0 Å². The molecule has 4 atom stereocenters. The van der Waals surface area contributed by atoms with Gasteiger partial charge >= 0.3 is 0 Å². The summed E-state index contributed by atoms with van der Waals surface area (Å²) >= 11 is 0. The molecule has 2 aromatic rings. The Bertz CT molecular complexity index is 845. The van der Waals surface area contributed by atoms with Crippen molar-refractivity contribution in [2.75, 3.05) is 44.7 Å². The molecule has 11 nitrogen and oxygen atoms in total. The van der Waals surface area contributed by atoms with Gasteiger partial charge in [0.25, 0.3) is 5.56 Å². The predicted molar refractivity (Wildman–Crippen MR) is 90.9 cm³/mol. The van der Waals surface area contributed by atoms with Crippen LogP contribution in [-0.4, -0.2) is 97.9 Å². The zero-order chi connectivity index (χ0) is 18.4. The van der Waals surface area contributed by atoms with Crippen LogP contribution in [0.4, 0.5) is 5.95 Å². The first-order valence-electron chi connectivity index (χ1n) is 8.53. The van der Waals surface area contributed by atoms with Crippen LogP contribution in [0, 0.1) is 0 Å². The van der Waals surface area contributed by atoms with E-state index in [0.29, 0.717) is 19.0 Å². The largest absolute Gasteiger partial charge is 0.394 e. The Hall–Kier alpha value is -2.05. The highest BCUT2D eigenvalue weighted by atomic mass is 16.6. The first-order valence-corrected chi connectivity index (χ1v) is 8.53. The van der Waals surface area contributed by atoms with Crippen LogP contribution in [0.3, 0.4) is 0 Å². The standard InChI is InChI=1S/C15H22N6O5/c1-19-2-4-20(5-3-19)15-18-9-12(16-7-17-13(9)25)21(15)14-11(24)10(23)8(6-22)26-14/h7-8,10-11,14,22-24H,2-6H2,1H3,(H,16,17,25)/t8-,10-,11-,14-/m1/s1. The van der Waals surface area contributed by atoms with Crippen LogP contribution in [0.5, 0.6) is 0 Å². The number of ether oxygens (including phenoxy) is 1. The van der Waals surface area contributed by atoms with E-state index in [-0.39, 0.29) is 11.2 Å². The number of aromatic nitrogens is 4. The molecule has 0 aliphatic carbocycles. The van der Waals surface area contributed by atoms with Crippen molar-refractivity contribution in [3.63, 3.8) is 0 Å². The number of hydrogen-bond donors (Lipinski definition) is 4. The van der Waals surface area contributed by atoms with Crippen molar-refractivity contribution >= 4 is 17.1 Å². The second-order valence-electron chi connectivity index (χ2n) is 6.70. The molecule has 0 aromatic carbocycles. The maximum absolute atomic E-state index is 12.2. The minimum Gasteiger partial charge on any atom is -0.394 e. The minimum atomic E-state index is -1.28. The van der Waals surface area contributed by atoms with E-state index in [1.54, 1.807) is 4.57 Å². The fraction of sp³-hybridized carbons (Fsp3) is 0.667. The van der Waals surface area contributed by atoms with Gasteiger partial charge in [-0.05, 0) is 7.05 Å². The van der Waals surface area contributed by atoms with Gasteiger partial charge in [0.2, 0.25) is 5.95 Å². The van der Waals surface area contributed by atoms with Gasteiger partial charge in [0.15, 0.2) is 17.4 Å². The van der Waals surface area contributed by atoms with E-state index in [0.717, 1.165) is 13.1 Å². The molecule has 2 aliphatic rings. The smallest absolute Gasteiger partial charge is 0.278 e. The maximum Gasteiger partial charge on any atom is 0.278 e. The van der Waals surface area contributed by atoms with Crippen molar-refractivity contribution < 1.29 is 20.1 Å². The molecule has 0 radical (unpaired) electrons. The molecule has 2 saturated heterocycles. The van der Waals surface area contributed by atoms with Crippen molar-refractivity contribution in [2.45, 2.75) is 24.5 Å². The molecule has 0 unspecified atom stereocenters. The molecule has 11 heteroatoms. The lowest BCUT2D eigenvalue weighted by atomic mass is 10.1. The number of aliphatic hydroxyl groups is 3. The van der Waals surface area contributed by atoms with Gasteiger partial charge in [-0.2, -0.15) is 0 Å². The number of hydrogen-bond acceptors (Lipinski definition) is 9. The summed E-state index contributed by atoms with van der Waals surface area (Å²) in [6, 6.07) is 0. The number of aliphatic hydroxyl groups excluding tert-OH is 3. The van der Waals surface area contributed by atoms with Crippen LogP contribution in [0.2, 0.25) is 0 Å². The molecule has 2 aromatic heterocycles. The SMILES string of the molecule is CN1CCN(c2nc3c(=O)[nH]cnc3n2[C@@H]2O[C@H](CO)[C@@H](O)[C@H]2O)CC1. The molecule has 0 bridgehead atoms. The lowest BCUT2D eigenvalue weighted by Gasteiger charge is -2.34. The summed E-state index contributed by atoms with van der Waals surface area (Å²) in [5.74, 6) is 0.451. The first kappa shape index (κ1) is 17.4. The Morgan fingerprint density at radius 2 is 2.00 bits per heavy atom. The fourth-order valence-corrected chi connectivity index (χ4v) is 3.47. The summed E-state index contributed by atoms with van der Waals surface area (Å²) in [5.41, 5.74) is 0.00700. The topological polar surface area (TPSA) is 140 Å². The third-order valence-corrected chi connectivity index (χ3v) is 5.02. The predicted octanol–water partition coefficient (Wildman–Crippen LogP) is -2.52. The Kier molecular flexibility index (Phi) is 4.40. The number of piperazine rings is 1. The van der Waals surface area contributed by atoms with E-state index < -0.39 is 36.7 Å². The van der Waals surface area contributed by atoms with Crippen molar-refractivity contribution in [3.05, 3.63) is 16.7 Å². The number of likely N-dealkylation sites (N-methyl/N-ethyl adjacent to an activating group) is 1. The zero-order valence-corrected chi connectivity index (χ0v) is 14.3. The van der Waals surface area contributed by atoms with Gasteiger partial charge in [-0.1, -0.05) is 0 Å². The minimum absolute atomic E-state index is 0.138. The lowest BCUT2D eigenvalue weighted by molar-refractivity contribution is -0.0505. The molecule has 4 N–H and O–H groups in total. The van der Waals surface area contributed by atoms with Gasteiger partial charge in [-0.3, -0.25) is 9.36 Å². The average Bonchev–Trinajstić information content (AvgIpc) is 3.15. The van der Waals surface area contributed by atoms with Crippen LogP contribution in [0.25, 0.3) is 11.2 Å². The molecule has 26 heavy (non-hydrogen) atoms. The van der Waals surface area contributed by atoms with Crippen LogP contribution in [0.1, 0.15) is 6.23 Å². The Labute approximate surface area is 148 Å². The van der Waals surface area contributed by atoms with E-state index in [1.807, 2.05) is 11.9 Å². The quantitative estimate of drug-likeness (QED) is 0.463. The molecular formula is C15H22N6O5. The Morgan fingerprint density at radius 1 is 1.27 bits per heavy atom. The van der Waals surface area contributed by atoms with Crippen LogP contribution < -0.4 is 10.5 Å². The van der Waals surface area contributed by atoms with Crippen LogP contribution in [0.15, 0.2) is 11.1 Å². The summed E-state index contributed by atoms with van der Waals surface area (Å²) in [6.07, 6.45) is -3.19. The number of H-pyrrole nitrogens is 1. The molecule has 4 rings (SSSR count). The molecule has 4 heterocycles. The van der Waals surface area contributed by atoms with Crippen LogP contribution >= 0.6 is 0 Å². The number of rotatable bonds is 3. The monoisotopic (exact) mass is 366 g/mol. The van der Waals surface area contributed by atoms with Gasteiger partial charge in [-0.25, -0.2) is 9.97 Å². The highest BCUT2D eigenvalue weighted by molar-refractivity contribution is 5.74. The maximum atomic E-state index is 12.2. The van der Waals surface area contributed by atoms with E-state index in [9.17, 15) is 20.1 Å². The highest BCUT2D eigenvalue weighted by Crippen LogP contribution is 2.35. The van der Waals surface area contributed by atoms with Crippen molar-refractivity contribution in [1.29, 1.82) is 0 Å².